The summed E-state index contributed by atoms with van der Waals surface area (Å²) in [6.45, 7) is 18.9. The maximum atomic E-state index is 3.47. The third kappa shape index (κ3) is 4.26. The first-order chi connectivity index (χ1) is 7.86. The summed E-state index contributed by atoms with van der Waals surface area (Å²) in [6.07, 6.45) is 1.38. The summed E-state index contributed by atoms with van der Waals surface area (Å²) in [6, 6.07) is 0.710. The lowest BCUT2D eigenvalue weighted by atomic mass is 9.80. The molecule has 0 amide bonds. The van der Waals surface area contributed by atoms with E-state index in [0.717, 1.165) is 24.9 Å². The molecule has 2 nitrogen and oxygen atoms in total. The van der Waals surface area contributed by atoms with Crippen molar-refractivity contribution >= 4 is 0 Å². The maximum absolute atomic E-state index is 3.47. The van der Waals surface area contributed by atoms with Crippen molar-refractivity contribution in [2.24, 2.45) is 17.3 Å². The van der Waals surface area contributed by atoms with Gasteiger partial charge in [0.25, 0.3) is 0 Å². The van der Waals surface area contributed by atoms with Crippen LogP contribution in [0.2, 0.25) is 0 Å². The Hall–Kier alpha value is -0.0800. The molecule has 0 aliphatic carbocycles. The quantitative estimate of drug-likeness (QED) is 0.795. The Bertz CT molecular complexity index is 219. The lowest BCUT2D eigenvalue weighted by molar-refractivity contribution is 0.167. The van der Waals surface area contributed by atoms with Crippen LogP contribution in [0.4, 0.5) is 0 Å². The summed E-state index contributed by atoms with van der Waals surface area (Å²) in [5.74, 6) is 1.62. The second-order valence-electron chi connectivity index (χ2n) is 6.87. The average molecular weight is 240 g/mol. The molecule has 1 aliphatic rings. The Kier molecular flexibility index (Phi) is 5.46. The molecule has 17 heavy (non-hydrogen) atoms. The molecule has 1 aliphatic heterocycles. The summed E-state index contributed by atoms with van der Waals surface area (Å²) in [5.41, 5.74) is 0.472. The van der Waals surface area contributed by atoms with Crippen LogP contribution in [0.3, 0.4) is 0 Å². The third-order valence-electron chi connectivity index (χ3n) is 4.56. The van der Waals surface area contributed by atoms with Crippen molar-refractivity contribution in [3.63, 3.8) is 0 Å². The number of nitrogens with one attached hydrogen (secondary N) is 1. The molecule has 102 valence electrons. The highest BCUT2D eigenvalue weighted by molar-refractivity contribution is 4.87. The zero-order chi connectivity index (χ0) is 13.1. The molecule has 1 saturated heterocycles. The summed E-state index contributed by atoms with van der Waals surface area (Å²) in [5, 5.41) is 3.47. The zero-order valence-corrected chi connectivity index (χ0v) is 12.7. The molecule has 0 aromatic heterocycles. The monoisotopic (exact) mass is 240 g/mol. The van der Waals surface area contributed by atoms with E-state index in [0.29, 0.717) is 11.5 Å². The van der Waals surface area contributed by atoms with Crippen LogP contribution in [0.15, 0.2) is 0 Å². The second-order valence-corrected chi connectivity index (χ2v) is 6.87. The van der Waals surface area contributed by atoms with Crippen molar-refractivity contribution in [2.75, 3.05) is 26.2 Å². The van der Waals surface area contributed by atoms with Gasteiger partial charge in [0.15, 0.2) is 0 Å². The topological polar surface area (TPSA) is 15.3 Å². The first kappa shape index (κ1) is 15.0. The van der Waals surface area contributed by atoms with Gasteiger partial charge in [0, 0.05) is 12.6 Å². The van der Waals surface area contributed by atoms with Crippen molar-refractivity contribution in [2.45, 2.75) is 54.0 Å². The van der Waals surface area contributed by atoms with Gasteiger partial charge >= 0.3 is 0 Å². The Labute approximate surface area is 108 Å². The first-order valence-corrected chi connectivity index (χ1v) is 7.31. The van der Waals surface area contributed by atoms with E-state index in [4.69, 9.17) is 0 Å². The van der Waals surface area contributed by atoms with Gasteiger partial charge in [-0.1, -0.05) is 34.6 Å². The predicted molar refractivity (Wildman–Crippen MR) is 76.3 cm³/mol. The van der Waals surface area contributed by atoms with Crippen LogP contribution in [-0.4, -0.2) is 37.1 Å². The summed E-state index contributed by atoms with van der Waals surface area (Å²) < 4.78 is 0. The lowest BCUT2D eigenvalue weighted by Gasteiger charge is -2.32. The number of hydrogen-bond acceptors (Lipinski definition) is 2. The Morgan fingerprint density at radius 1 is 1.29 bits per heavy atom. The van der Waals surface area contributed by atoms with E-state index in [1.807, 2.05) is 0 Å². The standard InChI is InChI=1S/C15H32N2/c1-7-16-10-12(2)13(3)17-9-8-14(11-17)15(4,5)6/h12-14,16H,7-11H2,1-6H3. The number of hydrogen-bond donors (Lipinski definition) is 1. The molecule has 0 saturated carbocycles. The highest BCUT2D eigenvalue weighted by Gasteiger charge is 2.34. The van der Waals surface area contributed by atoms with E-state index in [9.17, 15) is 0 Å². The van der Waals surface area contributed by atoms with Crippen LogP contribution < -0.4 is 5.32 Å². The molecule has 0 aromatic rings. The van der Waals surface area contributed by atoms with Crippen molar-refractivity contribution in [3.8, 4) is 0 Å². The van der Waals surface area contributed by atoms with Gasteiger partial charge in [-0.2, -0.15) is 0 Å². The Morgan fingerprint density at radius 3 is 2.41 bits per heavy atom. The van der Waals surface area contributed by atoms with Crippen LogP contribution in [0.25, 0.3) is 0 Å². The molecule has 0 radical (unpaired) electrons. The Morgan fingerprint density at radius 2 is 1.94 bits per heavy atom. The van der Waals surface area contributed by atoms with Crippen LogP contribution in [0.1, 0.15) is 48.0 Å². The van der Waals surface area contributed by atoms with Crippen molar-refractivity contribution in [1.82, 2.24) is 10.2 Å². The minimum atomic E-state index is 0.472. The molecule has 1 N–H and O–H groups in total. The normalized spacial score (nSPS) is 26.1. The molecule has 1 heterocycles. The molecule has 2 heteroatoms. The molecular formula is C15H32N2. The Balaban J connectivity index is 2.42. The van der Waals surface area contributed by atoms with Gasteiger partial charge in [-0.05, 0) is 50.2 Å². The molecule has 3 atom stereocenters. The van der Waals surface area contributed by atoms with Crippen LogP contribution >= 0.6 is 0 Å². The van der Waals surface area contributed by atoms with Gasteiger partial charge in [0.2, 0.25) is 0 Å². The van der Waals surface area contributed by atoms with Gasteiger partial charge in [0.05, 0.1) is 0 Å². The molecule has 0 bridgehead atoms. The first-order valence-electron chi connectivity index (χ1n) is 7.31. The van der Waals surface area contributed by atoms with Gasteiger partial charge in [-0.15, -0.1) is 0 Å². The lowest BCUT2D eigenvalue weighted by Crippen LogP contribution is -2.40. The van der Waals surface area contributed by atoms with Gasteiger partial charge in [-0.25, -0.2) is 0 Å². The second kappa shape index (κ2) is 6.19. The van der Waals surface area contributed by atoms with E-state index in [1.165, 1.54) is 19.5 Å². The van der Waals surface area contributed by atoms with E-state index < -0.39 is 0 Å². The number of rotatable bonds is 5. The molecule has 3 unspecified atom stereocenters. The number of likely N-dealkylation sites (tertiary alicyclic amines) is 1. The minimum Gasteiger partial charge on any atom is -0.317 e. The van der Waals surface area contributed by atoms with E-state index in [2.05, 4.69) is 51.8 Å². The molecule has 0 spiro atoms. The van der Waals surface area contributed by atoms with Gasteiger partial charge in [0.1, 0.15) is 0 Å². The average Bonchev–Trinajstić information content (AvgIpc) is 2.73. The largest absolute Gasteiger partial charge is 0.317 e. The van der Waals surface area contributed by atoms with E-state index >= 15 is 0 Å². The fraction of sp³-hybridized carbons (Fsp3) is 1.00. The fourth-order valence-electron chi connectivity index (χ4n) is 2.77. The molecular weight excluding hydrogens is 208 g/mol. The maximum Gasteiger partial charge on any atom is 0.0105 e. The smallest absolute Gasteiger partial charge is 0.0105 e. The van der Waals surface area contributed by atoms with Gasteiger partial charge in [-0.3, -0.25) is 0 Å². The van der Waals surface area contributed by atoms with Crippen LogP contribution in [-0.2, 0) is 0 Å². The van der Waals surface area contributed by atoms with Crippen LogP contribution in [0.5, 0.6) is 0 Å². The number of nitrogens with zero attached hydrogens (tertiary/aromatic N) is 1. The third-order valence-corrected chi connectivity index (χ3v) is 4.56. The molecule has 1 rings (SSSR count). The summed E-state index contributed by atoms with van der Waals surface area (Å²) in [4.78, 5) is 2.69. The minimum absolute atomic E-state index is 0.472. The highest BCUT2D eigenvalue weighted by atomic mass is 15.2. The van der Waals surface area contributed by atoms with E-state index in [1.54, 1.807) is 0 Å². The highest BCUT2D eigenvalue weighted by Crippen LogP contribution is 2.34. The van der Waals surface area contributed by atoms with Gasteiger partial charge < -0.3 is 10.2 Å². The summed E-state index contributed by atoms with van der Waals surface area (Å²) in [7, 11) is 0. The molecule has 0 aromatic carbocycles. The fourth-order valence-corrected chi connectivity index (χ4v) is 2.77. The summed E-state index contributed by atoms with van der Waals surface area (Å²) >= 11 is 0. The zero-order valence-electron chi connectivity index (χ0n) is 12.7. The van der Waals surface area contributed by atoms with Crippen molar-refractivity contribution in [1.29, 1.82) is 0 Å². The van der Waals surface area contributed by atoms with E-state index in [-0.39, 0.29) is 0 Å². The SMILES string of the molecule is CCNCC(C)C(C)N1CCC(C(C)(C)C)C1. The van der Waals surface area contributed by atoms with Crippen molar-refractivity contribution < 1.29 is 0 Å². The van der Waals surface area contributed by atoms with Crippen LogP contribution in [0, 0.1) is 17.3 Å². The van der Waals surface area contributed by atoms with Crippen molar-refractivity contribution in [3.05, 3.63) is 0 Å². The predicted octanol–water partition coefficient (Wildman–Crippen LogP) is 2.99. The molecule has 1 fully saturated rings.